The highest BCUT2D eigenvalue weighted by atomic mass is 16.2. The van der Waals surface area contributed by atoms with Crippen LogP contribution in [0.2, 0.25) is 0 Å². The normalized spacial score (nSPS) is 23.0. The van der Waals surface area contributed by atoms with E-state index >= 15 is 0 Å². The lowest BCUT2D eigenvalue weighted by atomic mass is 9.92. The molecule has 1 aromatic heterocycles. The van der Waals surface area contributed by atoms with E-state index in [9.17, 15) is 4.79 Å². The van der Waals surface area contributed by atoms with Crippen LogP contribution in [-0.4, -0.2) is 28.9 Å². The Balaban J connectivity index is 1.88. The van der Waals surface area contributed by atoms with Gasteiger partial charge in [0, 0.05) is 18.5 Å². The maximum atomic E-state index is 12.6. The summed E-state index contributed by atoms with van der Waals surface area (Å²) in [6, 6.07) is 11.7. The number of pyridine rings is 1. The highest BCUT2D eigenvalue weighted by molar-refractivity contribution is 5.95. The second-order valence-corrected chi connectivity index (χ2v) is 6.05. The molecule has 1 aliphatic heterocycles. The lowest BCUT2D eigenvalue weighted by Gasteiger charge is -2.34. The lowest BCUT2D eigenvalue weighted by molar-refractivity contribution is 0.0617. The van der Waals surface area contributed by atoms with E-state index in [1.165, 1.54) is 6.42 Å². The monoisotopic (exact) mass is 268 g/mol. The van der Waals surface area contributed by atoms with Crippen molar-refractivity contribution in [2.45, 2.75) is 20.3 Å². The number of para-hydroxylation sites is 1. The molecule has 0 radical (unpaired) electrons. The minimum atomic E-state index is 0.0640. The van der Waals surface area contributed by atoms with Crippen molar-refractivity contribution < 1.29 is 4.79 Å². The highest BCUT2D eigenvalue weighted by Crippen LogP contribution is 2.22. The number of hydrogen-bond acceptors (Lipinski definition) is 2. The fourth-order valence-electron chi connectivity index (χ4n) is 3.18. The Kier molecular flexibility index (Phi) is 3.43. The number of likely N-dealkylation sites (tertiary alicyclic amines) is 1. The predicted molar refractivity (Wildman–Crippen MR) is 80.6 cm³/mol. The molecule has 3 rings (SSSR count). The van der Waals surface area contributed by atoms with E-state index in [2.05, 4.69) is 18.8 Å². The standard InChI is InChI=1S/C17H20N2O/c1-12-9-13(2)11-19(10-12)17(20)16-8-7-14-5-3-4-6-15(14)18-16/h3-8,12-13H,9-11H2,1-2H3. The summed E-state index contributed by atoms with van der Waals surface area (Å²) < 4.78 is 0. The molecule has 2 aromatic rings. The van der Waals surface area contributed by atoms with Crippen molar-refractivity contribution in [2.24, 2.45) is 11.8 Å². The Morgan fingerprint density at radius 1 is 1.10 bits per heavy atom. The van der Waals surface area contributed by atoms with Crippen molar-refractivity contribution >= 4 is 16.8 Å². The van der Waals surface area contributed by atoms with E-state index in [0.717, 1.165) is 24.0 Å². The highest BCUT2D eigenvalue weighted by Gasteiger charge is 2.26. The van der Waals surface area contributed by atoms with Gasteiger partial charge in [0.1, 0.15) is 5.69 Å². The molecular weight excluding hydrogens is 248 g/mol. The van der Waals surface area contributed by atoms with Gasteiger partial charge in [-0.1, -0.05) is 38.1 Å². The van der Waals surface area contributed by atoms with Crippen molar-refractivity contribution in [1.29, 1.82) is 0 Å². The number of benzene rings is 1. The fraction of sp³-hybridized carbons (Fsp3) is 0.412. The first-order chi connectivity index (χ1) is 9.63. The lowest BCUT2D eigenvalue weighted by Crippen LogP contribution is -2.42. The molecule has 1 saturated heterocycles. The Bertz CT molecular complexity index is 628. The smallest absolute Gasteiger partial charge is 0.272 e. The molecule has 2 heterocycles. The minimum absolute atomic E-state index is 0.0640. The number of carbonyl (C=O) groups is 1. The van der Waals surface area contributed by atoms with Crippen LogP contribution in [0, 0.1) is 11.8 Å². The third-order valence-corrected chi connectivity index (χ3v) is 3.97. The maximum absolute atomic E-state index is 12.6. The summed E-state index contributed by atoms with van der Waals surface area (Å²) in [4.78, 5) is 19.1. The van der Waals surface area contributed by atoms with Gasteiger partial charge in [-0.2, -0.15) is 0 Å². The molecule has 0 saturated carbocycles. The van der Waals surface area contributed by atoms with Gasteiger partial charge < -0.3 is 4.90 Å². The average molecular weight is 268 g/mol. The zero-order valence-corrected chi connectivity index (χ0v) is 12.0. The number of piperidine rings is 1. The van der Waals surface area contributed by atoms with E-state index in [1.54, 1.807) is 0 Å². The topological polar surface area (TPSA) is 33.2 Å². The van der Waals surface area contributed by atoms with E-state index in [1.807, 2.05) is 41.3 Å². The molecule has 1 aliphatic rings. The van der Waals surface area contributed by atoms with Crippen LogP contribution < -0.4 is 0 Å². The molecule has 20 heavy (non-hydrogen) atoms. The SMILES string of the molecule is CC1CC(C)CN(C(=O)c2ccc3ccccc3n2)C1. The summed E-state index contributed by atoms with van der Waals surface area (Å²) in [5, 5.41) is 1.07. The largest absolute Gasteiger partial charge is 0.337 e. The molecule has 104 valence electrons. The van der Waals surface area contributed by atoms with Crippen molar-refractivity contribution in [2.75, 3.05) is 13.1 Å². The van der Waals surface area contributed by atoms with E-state index < -0.39 is 0 Å². The molecule has 2 unspecified atom stereocenters. The van der Waals surface area contributed by atoms with Gasteiger partial charge >= 0.3 is 0 Å². The molecule has 3 nitrogen and oxygen atoms in total. The van der Waals surface area contributed by atoms with Crippen LogP contribution in [0.15, 0.2) is 36.4 Å². The Morgan fingerprint density at radius 2 is 1.80 bits per heavy atom. The summed E-state index contributed by atoms with van der Waals surface area (Å²) >= 11 is 0. The number of hydrogen-bond donors (Lipinski definition) is 0. The van der Waals surface area contributed by atoms with Crippen molar-refractivity contribution in [1.82, 2.24) is 9.88 Å². The van der Waals surface area contributed by atoms with Gasteiger partial charge in [0.2, 0.25) is 0 Å². The second-order valence-electron chi connectivity index (χ2n) is 6.05. The molecule has 0 N–H and O–H groups in total. The van der Waals surface area contributed by atoms with Gasteiger partial charge in [-0.15, -0.1) is 0 Å². The van der Waals surface area contributed by atoms with Gasteiger partial charge in [-0.3, -0.25) is 4.79 Å². The van der Waals surface area contributed by atoms with Crippen molar-refractivity contribution in [3.8, 4) is 0 Å². The summed E-state index contributed by atoms with van der Waals surface area (Å²) in [6.45, 7) is 6.11. The van der Waals surface area contributed by atoms with E-state index in [0.29, 0.717) is 17.5 Å². The average Bonchev–Trinajstić information content (AvgIpc) is 2.45. The van der Waals surface area contributed by atoms with Crippen LogP contribution in [0.5, 0.6) is 0 Å². The molecule has 1 fully saturated rings. The first-order valence-electron chi connectivity index (χ1n) is 7.28. The summed E-state index contributed by atoms with van der Waals surface area (Å²) in [7, 11) is 0. The van der Waals surface area contributed by atoms with Gasteiger partial charge in [0.25, 0.3) is 5.91 Å². The van der Waals surface area contributed by atoms with Crippen LogP contribution in [0.4, 0.5) is 0 Å². The van der Waals surface area contributed by atoms with Gasteiger partial charge in [0.15, 0.2) is 0 Å². The zero-order chi connectivity index (χ0) is 14.1. The van der Waals surface area contributed by atoms with Crippen LogP contribution >= 0.6 is 0 Å². The van der Waals surface area contributed by atoms with E-state index in [-0.39, 0.29) is 5.91 Å². The number of nitrogens with zero attached hydrogens (tertiary/aromatic N) is 2. The molecule has 2 atom stereocenters. The van der Waals surface area contributed by atoms with Crippen LogP contribution in [0.1, 0.15) is 30.8 Å². The molecule has 1 aromatic carbocycles. The Labute approximate surface area is 119 Å². The van der Waals surface area contributed by atoms with Crippen molar-refractivity contribution in [3.05, 3.63) is 42.1 Å². The van der Waals surface area contributed by atoms with Gasteiger partial charge in [-0.05, 0) is 30.4 Å². The summed E-state index contributed by atoms with van der Waals surface area (Å²) in [5.41, 5.74) is 1.45. The first kappa shape index (κ1) is 13.1. The predicted octanol–water partition coefficient (Wildman–Crippen LogP) is 3.35. The quantitative estimate of drug-likeness (QED) is 0.794. The number of fused-ring (bicyclic) bond motifs is 1. The number of aromatic nitrogens is 1. The molecule has 0 aliphatic carbocycles. The molecule has 0 bridgehead atoms. The third-order valence-electron chi connectivity index (χ3n) is 3.97. The third kappa shape index (κ3) is 2.53. The number of rotatable bonds is 1. The zero-order valence-electron chi connectivity index (χ0n) is 12.0. The second kappa shape index (κ2) is 5.23. The van der Waals surface area contributed by atoms with Crippen LogP contribution in [-0.2, 0) is 0 Å². The van der Waals surface area contributed by atoms with Crippen LogP contribution in [0.3, 0.4) is 0 Å². The van der Waals surface area contributed by atoms with Crippen LogP contribution in [0.25, 0.3) is 10.9 Å². The number of amides is 1. The maximum Gasteiger partial charge on any atom is 0.272 e. The first-order valence-corrected chi connectivity index (χ1v) is 7.28. The Hall–Kier alpha value is -1.90. The minimum Gasteiger partial charge on any atom is -0.337 e. The van der Waals surface area contributed by atoms with Gasteiger partial charge in [0.05, 0.1) is 5.52 Å². The Morgan fingerprint density at radius 3 is 2.55 bits per heavy atom. The summed E-state index contributed by atoms with van der Waals surface area (Å²) in [6.07, 6.45) is 1.20. The molecule has 0 spiro atoms. The van der Waals surface area contributed by atoms with Crippen molar-refractivity contribution in [3.63, 3.8) is 0 Å². The number of carbonyl (C=O) groups excluding carboxylic acids is 1. The van der Waals surface area contributed by atoms with E-state index in [4.69, 9.17) is 0 Å². The molecule has 3 heteroatoms. The fourth-order valence-corrected chi connectivity index (χ4v) is 3.18. The molecule has 1 amide bonds. The van der Waals surface area contributed by atoms with Gasteiger partial charge in [-0.25, -0.2) is 4.98 Å². The molecular formula is C17H20N2O. The summed E-state index contributed by atoms with van der Waals surface area (Å²) in [5.74, 6) is 1.21.